The normalized spacial score (nSPS) is 14.9. The average Bonchev–Trinajstić information content (AvgIpc) is 2.74. The molecule has 1 aromatic heterocycles. The van der Waals surface area contributed by atoms with Gasteiger partial charge in [0, 0.05) is 31.6 Å². The van der Waals surface area contributed by atoms with Crippen molar-refractivity contribution in [1.82, 2.24) is 9.47 Å². The van der Waals surface area contributed by atoms with Gasteiger partial charge in [-0.3, -0.25) is 14.2 Å². The number of aromatic nitrogens is 1. The van der Waals surface area contributed by atoms with Crippen LogP contribution in [-0.2, 0) is 4.79 Å². The van der Waals surface area contributed by atoms with Gasteiger partial charge >= 0.3 is 0 Å². The van der Waals surface area contributed by atoms with Gasteiger partial charge in [-0.2, -0.15) is 0 Å². The fraction of sp³-hybridized carbons (Fsp3) is 0.333. The van der Waals surface area contributed by atoms with E-state index in [9.17, 15) is 9.59 Å². The van der Waals surface area contributed by atoms with Crippen LogP contribution in [0.4, 0.5) is 0 Å². The number of fused-ring (bicyclic) bond motifs is 1. The van der Waals surface area contributed by atoms with Crippen molar-refractivity contribution in [2.45, 2.75) is 32.6 Å². The van der Waals surface area contributed by atoms with Crippen LogP contribution in [0, 0.1) is 6.92 Å². The third kappa shape index (κ3) is 3.41. The van der Waals surface area contributed by atoms with Crippen molar-refractivity contribution in [2.24, 2.45) is 0 Å². The van der Waals surface area contributed by atoms with E-state index in [1.54, 1.807) is 18.6 Å². The molecular formula is C24H26N2O3. The number of carbonyl (C=O) groups is 1. The Labute approximate surface area is 170 Å². The summed E-state index contributed by atoms with van der Waals surface area (Å²) in [5, 5.41) is 1.62. The van der Waals surface area contributed by atoms with Crippen molar-refractivity contribution in [2.75, 3.05) is 20.2 Å². The maximum Gasteiger partial charge on any atom is 0.263 e. The van der Waals surface area contributed by atoms with Crippen molar-refractivity contribution in [1.29, 1.82) is 0 Å². The fourth-order valence-corrected chi connectivity index (χ4v) is 4.47. The van der Waals surface area contributed by atoms with Gasteiger partial charge in [0.15, 0.2) is 0 Å². The Bertz CT molecular complexity index is 1120. The molecule has 3 aromatic rings. The lowest BCUT2D eigenvalue weighted by Crippen LogP contribution is -2.36. The van der Waals surface area contributed by atoms with E-state index in [1.165, 1.54) is 5.56 Å². The number of hydrogen-bond donors (Lipinski definition) is 0. The van der Waals surface area contributed by atoms with Gasteiger partial charge in [-0.05, 0) is 60.4 Å². The molecule has 1 aliphatic heterocycles. The van der Waals surface area contributed by atoms with Crippen molar-refractivity contribution in [3.05, 3.63) is 70.1 Å². The zero-order valence-corrected chi connectivity index (χ0v) is 17.1. The van der Waals surface area contributed by atoms with Gasteiger partial charge in [0.05, 0.1) is 12.8 Å². The zero-order valence-electron chi connectivity index (χ0n) is 17.1. The molecule has 0 radical (unpaired) electrons. The molecule has 0 N–H and O–H groups in total. The van der Waals surface area contributed by atoms with Crippen LogP contribution in [0.2, 0.25) is 0 Å². The van der Waals surface area contributed by atoms with Crippen LogP contribution in [-0.4, -0.2) is 35.6 Å². The Morgan fingerprint density at radius 3 is 2.48 bits per heavy atom. The summed E-state index contributed by atoms with van der Waals surface area (Å²) in [6.07, 6.45) is 3.69. The third-order valence-corrected chi connectivity index (χ3v) is 6.09. The molecule has 0 spiro atoms. The van der Waals surface area contributed by atoms with Crippen LogP contribution in [0.1, 0.15) is 36.8 Å². The predicted molar refractivity (Wildman–Crippen MR) is 115 cm³/mol. The van der Waals surface area contributed by atoms with E-state index in [-0.39, 0.29) is 11.5 Å². The molecular weight excluding hydrogens is 364 g/mol. The number of carbonyl (C=O) groups excluding carboxylic acids is 1. The summed E-state index contributed by atoms with van der Waals surface area (Å²) in [5.41, 5.74) is 3.04. The van der Waals surface area contributed by atoms with E-state index in [1.807, 2.05) is 47.5 Å². The number of rotatable bonds is 3. The summed E-state index contributed by atoms with van der Waals surface area (Å²) in [6, 6.07) is 13.7. The number of ether oxygens (including phenoxy) is 1. The second-order valence-electron chi connectivity index (χ2n) is 7.69. The third-order valence-electron chi connectivity index (χ3n) is 6.09. The van der Waals surface area contributed by atoms with Crippen molar-refractivity contribution in [3.8, 4) is 11.4 Å². The maximum absolute atomic E-state index is 13.2. The first-order valence-corrected chi connectivity index (χ1v) is 10.0. The van der Waals surface area contributed by atoms with E-state index < -0.39 is 0 Å². The monoisotopic (exact) mass is 390 g/mol. The summed E-state index contributed by atoms with van der Waals surface area (Å²) in [4.78, 5) is 26.8. The molecule has 150 valence electrons. The van der Waals surface area contributed by atoms with E-state index in [2.05, 4.69) is 13.0 Å². The molecule has 0 aliphatic carbocycles. The van der Waals surface area contributed by atoms with Gasteiger partial charge in [-0.15, -0.1) is 0 Å². The summed E-state index contributed by atoms with van der Waals surface area (Å²) in [5.74, 6) is 1.19. The summed E-state index contributed by atoms with van der Waals surface area (Å²) in [7, 11) is 1.63. The molecule has 0 bridgehead atoms. The van der Waals surface area contributed by atoms with Crippen molar-refractivity contribution in [3.63, 3.8) is 0 Å². The lowest BCUT2D eigenvalue weighted by atomic mass is 9.86. The minimum absolute atomic E-state index is 0.0481. The molecule has 1 fully saturated rings. The van der Waals surface area contributed by atoms with Gasteiger partial charge in [-0.1, -0.05) is 24.3 Å². The summed E-state index contributed by atoms with van der Waals surface area (Å²) < 4.78 is 7.32. The molecule has 1 amide bonds. The van der Waals surface area contributed by atoms with Gasteiger partial charge in [0.25, 0.3) is 5.56 Å². The Hall–Kier alpha value is -3.08. The smallest absolute Gasteiger partial charge is 0.263 e. The minimum Gasteiger partial charge on any atom is -0.495 e. The molecule has 0 unspecified atom stereocenters. The van der Waals surface area contributed by atoms with Crippen LogP contribution in [0.3, 0.4) is 0 Å². The summed E-state index contributed by atoms with van der Waals surface area (Å²) >= 11 is 0. The molecule has 0 saturated carbocycles. The highest BCUT2D eigenvalue weighted by atomic mass is 16.5. The van der Waals surface area contributed by atoms with Crippen LogP contribution >= 0.6 is 0 Å². The standard InChI is InChI=1S/C24H26N2O3/c1-16-20(19-10-13-25(14-11-19)17(2)27)8-9-22(29-3)23(16)26-15-12-18-6-4-5-7-21(18)24(26)28/h4-9,12,15,19H,10-11,13-14H2,1-3H3. The number of methoxy groups -OCH3 is 1. The Morgan fingerprint density at radius 1 is 1.07 bits per heavy atom. The number of pyridine rings is 1. The lowest BCUT2D eigenvalue weighted by Gasteiger charge is -2.32. The topological polar surface area (TPSA) is 51.5 Å². The van der Waals surface area contributed by atoms with Crippen molar-refractivity contribution >= 4 is 16.7 Å². The van der Waals surface area contributed by atoms with E-state index in [4.69, 9.17) is 4.74 Å². The Morgan fingerprint density at radius 2 is 1.79 bits per heavy atom. The second kappa shape index (κ2) is 7.74. The summed E-state index contributed by atoms with van der Waals surface area (Å²) in [6.45, 7) is 5.24. The van der Waals surface area contributed by atoms with Crippen LogP contribution in [0.25, 0.3) is 16.5 Å². The van der Waals surface area contributed by atoms with Crippen LogP contribution < -0.4 is 10.3 Å². The van der Waals surface area contributed by atoms with Gasteiger partial charge < -0.3 is 9.64 Å². The highest BCUT2D eigenvalue weighted by molar-refractivity contribution is 5.81. The number of piperidine rings is 1. The highest BCUT2D eigenvalue weighted by Gasteiger charge is 2.25. The highest BCUT2D eigenvalue weighted by Crippen LogP contribution is 2.36. The molecule has 1 saturated heterocycles. The average molecular weight is 390 g/mol. The van der Waals surface area contributed by atoms with Crippen LogP contribution in [0.15, 0.2) is 53.5 Å². The van der Waals surface area contributed by atoms with Crippen LogP contribution in [0.5, 0.6) is 5.75 Å². The first kappa shape index (κ1) is 19.2. The first-order valence-electron chi connectivity index (χ1n) is 10.0. The van der Waals surface area contributed by atoms with Gasteiger partial charge in [-0.25, -0.2) is 0 Å². The number of nitrogens with zero attached hydrogens (tertiary/aromatic N) is 2. The molecule has 5 nitrogen and oxygen atoms in total. The molecule has 2 aromatic carbocycles. The van der Waals surface area contributed by atoms with E-state index in [0.29, 0.717) is 17.1 Å². The Kier molecular flexibility index (Phi) is 5.14. The van der Waals surface area contributed by atoms with Gasteiger partial charge in [0.2, 0.25) is 5.91 Å². The number of likely N-dealkylation sites (tertiary alicyclic amines) is 1. The zero-order chi connectivity index (χ0) is 20.5. The number of amides is 1. The number of hydrogen-bond acceptors (Lipinski definition) is 3. The number of benzene rings is 2. The van der Waals surface area contributed by atoms with E-state index >= 15 is 0 Å². The fourth-order valence-electron chi connectivity index (χ4n) is 4.47. The van der Waals surface area contributed by atoms with E-state index in [0.717, 1.165) is 42.6 Å². The largest absolute Gasteiger partial charge is 0.495 e. The maximum atomic E-state index is 13.2. The molecule has 2 heterocycles. The SMILES string of the molecule is COc1ccc(C2CCN(C(C)=O)CC2)c(C)c1-n1ccc2ccccc2c1=O. The van der Waals surface area contributed by atoms with Crippen molar-refractivity contribution < 1.29 is 9.53 Å². The first-order chi connectivity index (χ1) is 14.0. The Balaban J connectivity index is 1.80. The molecule has 0 atom stereocenters. The molecule has 29 heavy (non-hydrogen) atoms. The minimum atomic E-state index is -0.0481. The molecule has 1 aliphatic rings. The second-order valence-corrected chi connectivity index (χ2v) is 7.69. The molecule has 4 rings (SSSR count). The lowest BCUT2D eigenvalue weighted by molar-refractivity contribution is -0.129. The molecule has 5 heteroatoms. The predicted octanol–water partition coefficient (Wildman–Crippen LogP) is 4.03. The van der Waals surface area contributed by atoms with Gasteiger partial charge in [0.1, 0.15) is 5.75 Å². The quantitative estimate of drug-likeness (QED) is 0.678.